The molecule has 3 heteroatoms. The Balaban J connectivity index is 1.37. The second-order valence-corrected chi connectivity index (χ2v) is 10.8. The molecule has 2 aliphatic rings. The van der Waals surface area contributed by atoms with Gasteiger partial charge < -0.3 is 0 Å². The molecule has 1 atom stereocenters. The van der Waals surface area contributed by atoms with Crippen molar-refractivity contribution >= 4 is 5.57 Å². The highest BCUT2D eigenvalue weighted by Crippen LogP contribution is 2.36. The summed E-state index contributed by atoms with van der Waals surface area (Å²) in [5.41, 5.74) is 11.8. The molecule has 3 nitrogen and oxygen atoms in total. The van der Waals surface area contributed by atoms with Crippen molar-refractivity contribution in [3.63, 3.8) is 0 Å². The van der Waals surface area contributed by atoms with Crippen molar-refractivity contribution in [3.8, 4) is 44.9 Å². The predicted octanol–water partition coefficient (Wildman–Crippen LogP) is 9.87. The third-order valence-corrected chi connectivity index (χ3v) is 7.89. The summed E-state index contributed by atoms with van der Waals surface area (Å²) in [5, 5.41) is 0. The minimum atomic E-state index is 0.244. The molecule has 0 radical (unpaired) electrons. The van der Waals surface area contributed by atoms with Gasteiger partial charge in [0.2, 0.25) is 0 Å². The molecule has 3 heterocycles. The predicted molar refractivity (Wildman–Crippen MR) is 174 cm³/mol. The average molecular weight is 542 g/mol. The molecule has 7 rings (SSSR count). The minimum Gasteiger partial charge on any atom is -0.256 e. The van der Waals surface area contributed by atoms with Gasteiger partial charge in [0, 0.05) is 40.7 Å². The number of nitrogens with zero attached hydrogens (tertiary/aromatic N) is 3. The molecule has 0 saturated heterocycles. The molecule has 0 spiro atoms. The Labute approximate surface area is 247 Å². The quantitative estimate of drug-likeness (QED) is 0.215. The Morgan fingerprint density at radius 3 is 2.10 bits per heavy atom. The van der Waals surface area contributed by atoms with E-state index in [1.165, 1.54) is 5.57 Å². The third kappa shape index (κ3) is 5.55. The molecule has 0 N–H and O–H groups in total. The molecule has 5 aromatic rings. The van der Waals surface area contributed by atoms with Gasteiger partial charge in [-0.25, -0.2) is 0 Å². The lowest BCUT2D eigenvalue weighted by molar-refractivity contribution is 0.818. The first-order valence-corrected chi connectivity index (χ1v) is 14.6. The Hall–Kier alpha value is -5.15. The molecule has 202 valence electrons. The molecule has 2 aromatic carbocycles. The molecule has 42 heavy (non-hydrogen) atoms. The Bertz CT molecular complexity index is 1830. The van der Waals surface area contributed by atoms with Gasteiger partial charge in [0.25, 0.3) is 0 Å². The van der Waals surface area contributed by atoms with Crippen molar-refractivity contribution in [2.24, 2.45) is 0 Å². The molecule has 0 fully saturated rings. The summed E-state index contributed by atoms with van der Waals surface area (Å²) in [6.45, 7) is 0. The number of benzene rings is 2. The van der Waals surface area contributed by atoms with Crippen LogP contribution in [-0.2, 0) is 0 Å². The lowest BCUT2D eigenvalue weighted by Gasteiger charge is -2.17. The molecular weight excluding hydrogens is 510 g/mol. The van der Waals surface area contributed by atoms with Gasteiger partial charge in [-0.2, -0.15) is 0 Å². The van der Waals surface area contributed by atoms with Gasteiger partial charge >= 0.3 is 0 Å². The topological polar surface area (TPSA) is 38.7 Å². The lowest BCUT2D eigenvalue weighted by Crippen LogP contribution is -2.02. The average Bonchev–Trinajstić information content (AvgIpc) is 3.09. The fourth-order valence-electron chi connectivity index (χ4n) is 5.65. The SMILES string of the molecule is C1=CCC(c2cc(-c3cc(-c4ccccn4)cc(-c4ccc(C5=CCCC=C5)cn4)c3)cc(-c3ccccc3)n2)C=C1. The van der Waals surface area contributed by atoms with Crippen molar-refractivity contribution in [1.29, 1.82) is 0 Å². The van der Waals surface area contributed by atoms with Crippen LogP contribution in [0.2, 0.25) is 0 Å². The Kier molecular flexibility index (Phi) is 7.22. The Morgan fingerprint density at radius 2 is 1.38 bits per heavy atom. The maximum atomic E-state index is 5.15. The first-order valence-electron chi connectivity index (χ1n) is 14.6. The number of hydrogen-bond acceptors (Lipinski definition) is 3. The zero-order valence-electron chi connectivity index (χ0n) is 23.4. The smallest absolute Gasteiger partial charge is 0.0711 e. The van der Waals surface area contributed by atoms with Crippen LogP contribution in [0.15, 0.2) is 146 Å². The van der Waals surface area contributed by atoms with E-state index in [2.05, 4.69) is 120 Å². The highest BCUT2D eigenvalue weighted by Gasteiger charge is 2.16. The number of rotatable bonds is 6. The summed E-state index contributed by atoms with van der Waals surface area (Å²) >= 11 is 0. The van der Waals surface area contributed by atoms with Crippen molar-refractivity contribution < 1.29 is 0 Å². The first-order chi connectivity index (χ1) is 20.8. The normalized spacial score (nSPS) is 15.9. The summed E-state index contributed by atoms with van der Waals surface area (Å²) in [7, 11) is 0. The van der Waals surface area contributed by atoms with E-state index in [9.17, 15) is 0 Å². The zero-order chi connectivity index (χ0) is 28.1. The van der Waals surface area contributed by atoms with Crippen molar-refractivity contribution in [3.05, 3.63) is 157 Å². The van der Waals surface area contributed by atoms with Gasteiger partial charge in [0.05, 0.1) is 17.1 Å². The van der Waals surface area contributed by atoms with Crippen LogP contribution in [0, 0.1) is 0 Å². The van der Waals surface area contributed by atoms with Crippen molar-refractivity contribution in [1.82, 2.24) is 15.0 Å². The van der Waals surface area contributed by atoms with Crippen molar-refractivity contribution in [2.75, 3.05) is 0 Å². The van der Waals surface area contributed by atoms with E-state index in [-0.39, 0.29) is 5.92 Å². The van der Waals surface area contributed by atoms with E-state index >= 15 is 0 Å². The van der Waals surface area contributed by atoms with Crippen LogP contribution >= 0.6 is 0 Å². The molecule has 1 unspecified atom stereocenters. The van der Waals surface area contributed by atoms with E-state index < -0.39 is 0 Å². The van der Waals surface area contributed by atoms with E-state index in [1.54, 1.807) is 0 Å². The second-order valence-electron chi connectivity index (χ2n) is 10.8. The van der Waals surface area contributed by atoms with Crippen molar-refractivity contribution in [2.45, 2.75) is 25.2 Å². The summed E-state index contributed by atoms with van der Waals surface area (Å²) in [6.07, 6.45) is 22.4. The van der Waals surface area contributed by atoms with Crippen LogP contribution < -0.4 is 0 Å². The fourth-order valence-corrected chi connectivity index (χ4v) is 5.65. The highest BCUT2D eigenvalue weighted by atomic mass is 14.7. The van der Waals surface area contributed by atoms with Gasteiger partial charge in [-0.3, -0.25) is 15.0 Å². The van der Waals surface area contributed by atoms with E-state index in [4.69, 9.17) is 9.97 Å². The summed E-state index contributed by atoms with van der Waals surface area (Å²) < 4.78 is 0. The van der Waals surface area contributed by atoms with Crippen LogP contribution in [0.4, 0.5) is 0 Å². The summed E-state index contributed by atoms with van der Waals surface area (Å²) in [5.74, 6) is 0.244. The van der Waals surface area contributed by atoms with E-state index in [0.29, 0.717) is 0 Å². The summed E-state index contributed by atoms with van der Waals surface area (Å²) in [4.78, 5) is 14.8. The van der Waals surface area contributed by atoms with Gasteiger partial charge in [0.15, 0.2) is 0 Å². The van der Waals surface area contributed by atoms with E-state index in [0.717, 1.165) is 75.4 Å². The van der Waals surface area contributed by atoms with Crippen LogP contribution in [0.1, 0.15) is 36.4 Å². The van der Waals surface area contributed by atoms with E-state index in [1.807, 2.05) is 30.6 Å². The summed E-state index contributed by atoms with van der Waals surface area (Å²) in [6, 6.07) is 32.0. The minimum absolute atomic E-state index is 0.244. The largest absolute Gasteiger partial charge is 0.256 e. The molecule has 0 amide bonds. The van der Waals surface area contributed by atoms with Crippen LogP contribution in [-0.4, -0.2) is 15.0 Å². The van der Waals surface area contributed by atoms with Crippen LogP contribution in [0.25, 0.3) is 50.5 Å². The molecule has 0 saturated carbocycles. The zero-order valence-corrected chi connectivity index (χ0v) is 23.4. The fraction of sp³-hybridized carbons (Fsp3) is 0.103. The number of aromatic nitrogens is 3. The lowest BCUT2D eigenvalue weighted by atomic mass is 9.91. The van der Waals surface area contributed by atoms with Gasteiger partial charge in [-0.15, -0.1) is 0 Å². The molecule has 0 bridgehead atoms. The third-order valence-electron chi connectivity index (χ3n) is 7.89. The second kappa shape index (κ2) is 11.8. The maximum Gasteiger partial charge on any atom is 0.0711 e. The van der Waals surface area contributed by atoms with Crippen LogP contribution in [0.5, 0.6) is 0 Å². The van der Waals surface area contributed by atoms with Gasteiger partial charge in [-0.05, 0) is 90.1 Å². The van der Waals surface area contributed by atoms with Crippen LogP contribution in [0.3, 0.4) is 0 Å². The number of pyridine rings is 3. The molecule has 0 aliphatic heterocycles. The maximum absolute atomic E-state index is 5.15. The van der Waals surface area contributed by atoms with Gasteiger partial charge in [-0.1, -0.05) is 85.0 Å². The highest BCUT2D eigenvalue weighted by molar-refractivity contribution is 5.82. The number of hydrogen-bond donors (Lipinski definition) is 0. The molecular formula is C39H31N3. The monoisotopic (exact) mass is 541 g/mol. The molecule has 3 aromatic heterocycles. The Morgan fingerprint density at radius 1 is 0.571 bits per heavy atom. The van der Waals surface area contributed by atoms with Gasteiger partial charge in [0.1, 0.15) is 0 Å². The molecule has 2 aliphatic carbocycles. The standard InChI is InChI=1S/C39H31N3/c1-4-12-28(13-5-1)31-19-20-37(41-27-31)35-23-32(22-34(24-35)36-18-10-11-21-40-36)33-25-38(29-14-6-2-7-15-29)42-39(26-33)30-16-8-3-9-17-30/h2-4,6-16,18-27,30H,1,5,17H2. The first kappa shape index (κ1) is 25.8. The number of allylic oxidation sites excluding steroid dienone is 8.